The highest BCUT2D eigenvalue weighted by molar-refractivity contribution is 5.46. The molecule has 1 N–H and O–H groups in total. The number of halogens is 1. The van der Waals surface area contributed by atoms with Crippen molar-refractivity contribution in [3.8, 4) is 0 Å². The van der Waals surface area contributed by atoms with E-state index in [1.807, 2.05) is 12.1 Å². The lowest BCUT2D eigenvalue weighted by atomic mass is 9.74. The fourth-order valence-electron chi connectivity index (χ4n) is 8.38. The van der Waals surface area contributed by atoms with Crippen molar-refractivity contribution in [2.75, 3.05) is 43.9 Å². The van der Waals surface area contributed by atoms with Crippen LogP contribution in [0.3, 0.4) is 0 Å². The van der Waals surface area contributed by atoms with Crippen LogP contribution in [0.25, 0.3) is 0 Å². The van der Waals surface area contributed by atoms with Gasteiger partial charge in [0.1, 0.15) is 11.5 Å². The number of nitrogens with zero attached hydrogens (tertiary/aromatic N) is 3. The van der Waals surface area contributed by atoms with Crippen molar-refractivity contribution in [1.82, 2.24) is 9.88 Å². The van der Waals surface area contributed by atoms with Crippen LogP contribution < -0.4 is 10.2 Å². The molecule has 47 heavy (non-hydrogen) atoms. The highest BCUT2D eigenvalue weighted by atomic mass is 19.1. The number of para-hydroxylation sites is 1. The molecule has 0 amide bonds. The summed E-state index contributed by atoms with van der Waals surface area (Å²) >= 11 is 0. The number of aromatic nitrogens is 1. The monoisotopic (exact) mass is 636 g/mol. The Labute approximate surface area is 281 Å². The fourth-order valence-corrected chi connectivity index (χ4v) is 8.38. The van der Waals surface area contributed by atoms with Crippen LogP contribution in [0.5, 0.6) is 0 Å². The predicted molar refractivity (Wildman–Crippen MR) is 191 cm³/mol. The number of rotatable bonds is 12. The number of oxazole rings is 1. The number of anilines is 2. The first-order valence-electron chi connectivity index (χ1n) is 17.8. The van der Waals surface area contributed by atoms with E-state index in [9.17, 15) is 4.39 Å². The Kier molecular flexibility index (Phi) is 11.0. The summed E-state index contributed by atoms with van der Waals surface area (Å²) < 4.78 is 20.6. The van der Waals surface area contributed by atoms with Gasteiger partial charge >= 0.3 is 0 Å². The van der Waals surface area contributed by atoms with E-state index in [0.717, 1.165) is 55.6 Å². The van der Waals surface area contributed by atoms with E-state index in [2.05, 4.69) is 104 Å². The molecule has 5 nitrogen and oxygen atoms in total. The summed E-state index contributed by atoms with van der Waals surface area (Å²) in [5.74, 6) is 4.27. The second kappa shape index (κ2) is 15.5. The van der Waals surface area contributed by atoms with E-state index in [1.165, 1.54) is 43.2 Å². The van der Waals surface area contributed by atoms with Crippen molar-refractivity contribution in [3.05, 3.63) is 113 Å². The maximum atomic E-state index is 13.7. The molecule has 4 aromatic rings. The lowest BCUT2D eigenvalue weighted by Crippen LogP contribution is -2.39. The Hall–Kier alpha value is -3.64. The third-order valence-electron chi connectivity index (χ3n) is 10.5. The van der Waals surface area contributed by atoms with Crippen molar-refractivity contribution in [1.29, 1.82) is 0 Å². The van der Waals surface area contributed by atoms with E-state index in [1.54, 1.807) is 12.1 Å². The van der Waals surface area contributed by atoms with Gasteiger partial charge in [0.05, 0.1) is 5.92 Å². The van der Waals surface area contributed by atoms with Gasteiger partial charge in [-0.2, -0.15) is 0 Å². The van der Waals surface area contributed by atoms with Crippen molar-refractivity contribution in [2.24, 2.45) is 23.7 Å². The second-order valence-corrected chi connectivity index (χ2v) is 14.7. The van der Waals surface area contributed by atoms with E-state index < -0.39 is 0 Å². The summed E-state index contributed by atoms with van der Waals surface area (Å²) in [4.78, 5) is 10.1. The molecule has 0 bridgehead atoms. The Balaban J connectivity index is 1.23. The van der Waals surface area contributed by atoms with Crippen LogP contribution in [-0.4, -0.2) is 43.6 Å². The fraction of sp³-hybridized carbons (Fsp3) is 0.488. The van der Waals surface area contributed by atoms with E-state index in [0.29, 0.717) is 29.7 Å². The minimum atomic E-state index is -0.170. The Morgan fingerprint density at radius 2 is 1.51 bits per heavy atom. The van der Waals surface area contributed by atoms with Crippen molar-refractivity contribution < 1.29 is 8.81 Å². The van der Waals surface area contributed by atoms with Crippen LogP contribution >= 0.6 is 0 Å². The molecule has 0 radical (unpaired) electrons. The molecule has 3 aromatic carbocycles. The molecule has 1 aliphatic carbocycles. The van der Waals surface area contributed by atoms with E-state index >= 15 is 0 Å². The standard InChI is InChI=1S/C41H53FN4O/c1-29-23-30(2)28-46(27-29)41-38(25-31-11-7-5-8-12-31)44-40(47-41)35(26-43-37-13-9-6-10-14-37)24-32-15-17-33(18-16-32)39(45(3)4)34-19-21-36(42)22-20-34/h5-14,19-22,29-30,32-33,35,39,43H,15-18,23-28H2,1-4H3. The molecule has 2 fully saturated rings. The van der Waals surface area contributed by atoms with Crippen LogP contribution in [0.1, 0.15) is 87.0 Å². The SMILES string of the molecule is CC1CC(C)CN(c2oc(C(CNc3ccccc3)CC3CCC(C(c4ccc(F)cc4)N(C)C)CC3)nc2Cc2ccccc2)C1. The van der Waals surface area contributed by atoms with Crippen LogP contribution in [-0.2, 0) is 6.42 Å². The molecule has 1 aliphatic heterocycles. The van der Waals surface area contributed by atoms with Gasteiger partial charge < -0.3 is 19.5 Å². The zero-order valence-electron chi connectivity index (χ0n) is 28.7. The van der Waals surface area contributed by atoms with Gasteiger partial charge in [0.15, 0.2) is 0 Å². The minimum absolute atomic E-state index is 0.168. The van der Waals surface area contributed by atoms with Gasteiger partial charge in [-0.25, -0.2) is 9.37 Å². The molecular weight excluding hydrogens is 583 g/mol. The number of hydrogen-bond acceptors (Lipinski definition) is 5. The first-order chi connectivity index (χ1) is 22.8. The van der Waals surface area contributed by atoms with Gasteiger partial charge in [-0.15, -0.1) is 0 Å². The third kappa shape index (κ3) is 8.64. The summed E-state index contributed by atoms with van der Waals surface area (Å²) in [5, 5.41) is 3.72. The molecule has 1 saturated carbocycles. The van der Waals surface area contributed by atoms with Crippen LogP contribution in [0.15, 0.2) is 89.3 Å². The van der Waals surface area contributed by atoms with Crippen LogP contribution in [0.4, 0.5) is 16.0 Å². The molecule has 250 valence electrons. The van der Waals surface area contributed by atoms with Crippen molar-refractivity contribution >= 4 is 11.6 Å². The molecular formula is C41H53FN4O. The summed E-state index contributed by atoms with van der Waals surface area (Å²) in [7, 11) is 4.31. The number of nitrogens with one attached hydrogen (secondary N) is 1. The molecule has 2 aliphatic rings. The number of piperidine rings is 1. The van der Waals surface area contributed by atoms with Gasteiger partial charge in [-0.1, -0.05) is 87.4 Å². The van der Waals surface area contributed by atoms with Gasteiger partial charge in [0, 0.05) is 37.8 Å². The topological polar surface area (TPSA) is 44.5 Å². The van der Waals surface area contributed by atoms with Gasteiger partial charge in [-0.3, -0.25) is 0 Å². The average Bonchev–Trinajstić information content (AvgIpc) is 3.48. The van der Waals surface area contributed by atoms with Gasteiger partial charge in [-0.05, 0) is 98.8 Å². The molecule has 2 heterocycles. The first-order valence-corrected chi connectivity index (χ1v) is 17.8. The summed E-state index contributed by atoms with van der Waals surface area (Å²) in [6.07, 6.45) is 7.79. The van der Waals surface area contributed by atoms with Crippen molar-refractivity contribution in [3.63, 3.8) is 0 Å². The third-order valence-corrected chi connectivity index (χ3v) is 10.5. The van der Waals surface area contributed by atoms with Crippen LogP contribution in [0.2, 0.25) is 0 Å². The molecule has 1 saturated heterocycles. The highest BCUT2D eigenvalue weighted by Gasteiger charge is 2.34. The van der Waals surface area contributed by atoms with Crippen molar-refractivity contribution in [2.45, 2.75) is 70.8 Å². The zero-order chi connectivity index (χ0) is 32.8. The molecule has 6 rings (SSSR count). The largest absolute Gasteiger partial charge is 0.424 e. The number of benzene rings is 3. The maximum Gasteiger partial charge on any atom is 0.219 e. The maximum absolute atomic E-state index is 13.7. The molecule has 4 unspecified atom stereocenters. The normalized spacial score (nSPS) is 23.1. The number of hydrogen-bond donors (Lipinski definition) is 1. The molecule has 1 aromatic heterocycles. The van der Waals surface area contributed by atoms with Crippen LogP contribution in [0, 0.1) is 29.5 Å². The highest BCUT2D eigenvalue weighted by Crippen LogP contribution is 2.43. The van der Waals surface area contributed by atoms with Gasteiger partial charge in [0.25, 0.3) is 0 Å². The Morgan fingerprint density at radius 3 is 2.15 bits per heavy atom. The van der Waals surface area contributed by atoms with E-state index in [4.69, 9.17) is 9.40 Å². The van der Waals surface area contributed by atoms with Gasteiger partial charge in [0.2, 0.25) is 11.8 Å². The predicted octanol–water partition coefficient (Wildman–Crippen LogP) is 9.58. The average molecular weight is 637 g/mol. The lowest BCUT2D eigenvalue weighted by Gasteiger charge is -2.38. The lowest BCUT2D eigenvalue weighted by molar-refractivity contribution is 0.143. The minimum Gasteiger partial charge on any atom is -0.424 e. The molecule has 0 spiro atoms. The van der Waals surface area contributed by atoms with E-state index in [-0.39, 0.29) is 11.7 Å². The quantitative estimate of drug-likeness (QED) is 0.168. The zero-order valence-corrected chi connectivity index (χ0v) is 28.7. The summed E-state index contributed by atoms with van der Waals surface area (Å²) in [6.45, 7) is 7.53. The first kappa shape index (κ1) is 33.3. The smallest absolute Gasteiger partial charge is 0.219 e. The molecule has 4 atom stereocenters. The Bertz CT molecular complexity index is 1500. The molecule has 6 heteroatoms. The summed E-state index contributed by atoms with van der Waals surface area (Å²) in [5.41, 5.74) is 4.67. The summed E-state index contributed by atoms with van der Waals surface area (Å²) in [6, 6.07) is 28.6. The Morgan fingerprint density at radius 1 is 0.872 bits per heavy atom. The second-order valence-electron chi connectivity index (χ2n) is 14.7.